The van der Waals surface area contributed by atoms with E-state index in [-0.39, 0.29) is 17.3 Å². The van der Waals surface area contributed by atoms with Gasteiger partial charge in [0.05, 0.1) is 12.3 Å². The fraction of sp³-hybridized carbons (Fsp3) is 0.364. The number of amides is 1. The molecule has 1 aromatic rings. The van der Waals surface area contributed by atoms with E-state index in [9.17, 15) is 9.90 Å². The van der Waals surface area contributed by atoms with Gasteiger partial charge in [0.1, 0.15) is 5.75 Å². The van der Waals surface area contributed by atoms with E-state index in [2.05, 4.69) is 0 Å². The first-order chi connectivity index (χ1) is 7.68. The molecular weight excluding hydrogens is 208 g/mol. The maximum atomic E-state index is 11.9. The summed E-state index contributed by atoms with van der Waals surface area (Å²) in [7, 11) is 0. The lowest BCUT2D eigenvalue weighted by Gasteiger charge is -2.25. The van der Waals surface area contributed by atoms with Crippen LogP contribution in [0.25, 0.3) is 0 Å². The zero-order valence-electron chi connectivity index (χ0n) is 8.85. The van der Waals surface area contributed by atoms with Gasteiger partial charge in [0.15, 0.2) is 0 Å². The highest BCUT2D eigenvalue weighted by Gasteiger charge is 2.19. The summed E-state index contributed by atoms with van der Waals surface area (Å²) in [6.45, 7) is 1.15. The molecule has 5 heteroatoms. The van der Waals surface area contributed by atoms with Gasteiger partial charge in [-0.15, -0.1) is 0 Å². The number of nitrogens with two attached hydrogens (primary N) is 1. The number of anilines is 1. The molecule has 2 rings (SSSR count). The van der Waals surface area contributed by atoms with Gasteiger partial charge in [-0.3, -0.25) is 9.63 Å². The van der Waals surface area contributed by atoms with Gasteiger partial charge in [0.2, 0.25) is 0 Å². The predicted octanol–water partition coefficient (Wildman–Crippen LogP) is 1.14. The normalized spacial score (nSPS) is 16.1. The SMILES string of the molecule is Nc1ccc(C(=O)N2CCCCO2)cc1O. The van der Waals surface area contributed by atoms with Crippen molar-refractivity contribution in [3.63, 3.8) is 0 Å². The molecule has 5 nitrogen and oxygen atoms in total. The van der Waals surface area contributed by atoms with Crippen molar-refractivity contribution in [3.05, 3.63) is 23.8 Å². The second-order valence-electron chi connectivity index (χ2n) is 3.72. The number of nitrogen functional groups attached to an aromatic ring is 1. The van der Waals surface area contributed by atoms with Crippen LogP contribution in [-0.4, -0.2) is 29.2 Å². The Labute approximate surface area is 93.4 Å². The topological polar surface area (TPSA) is 75.8 Å². The average molecular weight is 222 g/mol. The molecule has 0 bridgehead atoms. The molecule has 1 aromatic carbocycles. The van der Waals surface area contributed by atoms with Crippen LogP contribution in [0, 0.1) is 0 Å². The van der Waals surface area contributed by atoms with Crippen LogP contribution in [0.4, 0.5) is 5.69 Å². The molecule has 86 valence electrons. The van der Waals surface area contributed by atoms with Crippen LogP contribution >= 0.6 is 0 Å². The van der Waals surface area contributed by atoms with E-state index in [0.717, 1.165) is 12.8 Å². The third kappa shape index (κ3) is 2.09. The molecule has 1 saturated heterocycles. The molecule has 3 N–H and O–H groups in total. The Kier molecular flexibility index (Phi) is 2.96. The van der Waals surface area contributed by atoms with E-state index in [4.69, 9.17) is 10.6 Å². The van der Waals surface area contributed by atoms with Crippen molar-refractivity contribution in [2.24, 2.45) is 0 Å². The van der Waals surface area contributed by atoms with Gasteiger partial charge < -0.3 is 10.8 Å². The molecule has 0 aromatic heterocycles. The molecule has 1 aliphatic rings. The van der Waals surface area contributed by atoms with Gasteiger partial charge in [0, 0.05) is 12.1 Å². The summed E-state index contributed by atoms with van der Waals surface area (Å²) in [6.07, 6.45) is 1.91. The third-order valence-corrected chi connectivity index (χ3v) is 2.51. The molecule has 1 fully saturated rings. The molecule has 0 unspecified atom stereocenters. The molecule has 0 aliphatic carbocycles. The second kappa shape index (κ2) is 4.40. The maximum absolute atomic E-state index is 11.9. The van der Waals surface area contributed by atoms with Crippen molar-refractivity contribution in [1.29, 1.82) is 0 Å². The summed E-state index contributed by atoms with van der Waals surface area (Å²) < 4.78 is 0. The van der Waals surface area contributed by atoms with Crippen LogP contribution in [0.3, 0.4) is 0 Å². The fourth-order valence-electron chi connectivity index (χ4n) is 1.58. The Bertz CT molecular complexity index is 400. The molecular formula is C11H14N2O3. The highest BCUT2D eigenvalue weighted by molar-refractivity contribution is 5.94. The van der Waals surface area contributed by atoms with Crippen molar-refractivity contribution < 1.29 is 14.7 Å². The van der Waals surface area contributed by atoms with Crippen molar-refractivity contribution in [2.75, 3.05) is 18.9 Å². The van der Waals surface area contributed by atoms with Crippen molar-refractivity contribution >= 4 is 11.6 Å². The van der Waals surface area contributed by atoms with E-state index in [1.165, 1.54) is 17.2 Å². The Morgan fingerprint density at radius 2 is 2.25 bits per heavy atom. The number of carbonyl (C=O) groups is 1. The molecule has 0 spiro atoms. The van der Waals surface area contributed by atoms with Gasteiger partial charge in [-0.25, -0.2) is 5.06 Å². The van der Waals surface area contributed by atoms with Crippen LogP contribution in [-0.2, 0) is 4.84 Å². The minimum absolute atomic E-state index is 0.0807. The summed E-state index contributed by atoms with van der Waals surface area (Å²) in [5.74, 6) is -0.321. The Morgan fingerprint density at radius 3 is 2.88 bits per heavy atom. The molecule has 0 radical (unpaired) electrons. The second-order valence-corrected chi connectivity index (χ2v) is 3.72. The minimum Gasteiger partial charge on any atom is -0.506 e. The zero-order chi connectivity index (χ0) is 11.5. The smallest absolute Gasteiger partial charge is 0.277 e. The fourth-order valence-corrected chi connectivity index (χ4v) is 1.58. The monoisotopic (exact) mass is 222 g/mol. The maximum Gasteiger partial charge on any atom is 0.277 e. The van der Waals surface area contributed by atoms with E-state index in [1.54, 1.807) is 6.07 Å². The quantitative estimate of drug-likeness (QED) is 0.552. The number of phenolic OH excluding ortho intramolecular Hbond substituents is 1. The highest BCUT2D eigenvalue weighted by atomic mass is 16.7. The molecule has 1 amide bonds. The summed E-state index contributed by atoms with van der Waals surface area (Å²) in [5, 5.41) is 10.7. The van der Waals surface area contributed by atoms with Gasteiger partial charge in [0.25, 0.3) is 5.91 Å². The van der Waals surface area contributed by atoms with Crippen LogP contribution in [0.1, 0.15) is 23.2 Å². The summed E-state index contributed by atoms with van der Waals surface area (Å²) >= 11 is 0. The number of nitrogens with zero attached hydrogens (tertiary/aromatic N) is 1. The Morgan fingerprint density at radius 1 is 1.44 bits per heavy atom. The van der Waals surface area contributed by atoms with Crippen LogP contribution < -0.4 is 5.73 Å². The summed E-state index contributed by atoms with van der Waals surface area (Å²) in [5.41, 5.74) is 6.10. The van der Waals surface area contributed by atoms with E-state index in [0.29, 0.717) is 18.7 Å². The molecule has 0 saturated carbocycles. The lowest BCUT2D eigenvalue weighted by Crippen LogP contribution is -2.35. The molecule has 1 aliphatic heterocycles. The lowest BCUT2D eigenvalue weighted by atomic mass is 10.1. The predicted molar refractivity (Wildman–Crippen MR) is 58.7 cm³/mol. The number of carbonyl (C=O) groups excluding carboxylic acids is 1. The summed E-state index contributed by atoms with van der Waals surface area (Å²) in [6, 6.07) is 4.44. The van der Waals surface area contributed by atoms with Crippen LogP contribution in [0.15, 0.2) is 18.2 Å². The molecule has 16 heavy (non-hydrogen) atoms. The first kappa shape index (κ1) is 10.8. The number of hydrogen-bond acceptors (Lipinski definition) is 4. The minimum atomic E-state index is -0.241. The van der Waals surface area contributed by atoms with Gasteiger partial charge >= 0.3 is 0 Å². The molecule has 0 atom stereocenters. The van der Waals surface area contributed by atoms with Crippen LogP contribution in [0.5, 0.6) is 5.75 Å². The van der Waals surface area contributed by atoms with Gasteiger partial charge in [-0.1, -0.05) is 0 Å². The van der Waals surface area contributed by atoms with Crippen molar-refractivity contribution in [1.82, 2.24) is 5.06 Å². The van der Waals surface area contributed by atoms with E-state index >= 15 is 0 Å². The lowest BCUT2D eigenvalue weighted by molar-refractivity contribution is -0.144. The zero-order valence-corrected chi connectivity index (χ0v) is 8.85. The number of rotatable bonds is 1. The van der Waals surface area contributed by atoms with Crippen LogP contribution in [0.2, 0.25) is 0 Å². The van der Waals surface area contributed by atoms with Crippen molar-refractivity contribution in [3.8, 4) is 5.75 Å². The third-order valence-electron chi connectivity index (χ3n) is 2.51. The Balaban J connectivity index is 2.16. The van der Waals surface area contributed by atoms with E-state index in [1.807, 2.05) is 0 Å². The number of hydroxylamine groups is 2. The highest BCUT2D eigenvalue weighted by Crippen LogP contribution is 2.22. The first-order valence-electron chi connectivity index (χ1n) is 5.22. The van der Waals surface area contributed by atoms with Gasteiger partial charge in [-0.2, -0.15) is 0 Å². The Hall–Kier alpha value is -1.75. The van der Waals surface area contributed by atoms with Gasteiger partial charge in [-0.05, 0) is 31.0 Å². The van der Waals surface area contributed by atoms with Crippen molar-refractivity contribution in [2.45, 2.75) is 12.8 Å². The van der Waals surface area contributed by atoms with E-state index < -0.39 is 0 Å². The largest absolute Gasteiger partial charge is 0.506 e. The average Bonchev–Trinajstić information content (AvgIpc) is 2.33. The standard InChI is InChI=1S/C11H14N2O3/c12-9-4-3-8(7-10(9)14)11(15)13-5-1-2-6-16-13/h3-4,7,14H,1-2,5-6,12H2. The first-order valence-corrected chi connectivity index (χ1v) is 5.22. The number of hydrogen-bond donors (Lipinski definition) is 2. The summed E-state index contributed by atoms with van der Waals surface area (Å²) in [4.78, 5) is 17.1. The molecule has 1 heterocycles. The number of benzene rings is 1. The number of phenols is 1. The number of aromatic hydroxyl groups is 1.